The number of amides is 1. The number of rotatable bonds is 1. The number of benzene rings is 1. The SMILES string of the molecule is CC(S)C(=O)N1CCCCc2ccccc21. The van der Waals surface area contributed by atoms with E-state index in [0.29, 0.717) is 0 Å². The Morgan fingerprint density at radius 1 is 1.38 bits per heavy atom. The predicted octanol–water partition coefficient (Wildman–Crippen LogP) is 2.67. The number of nitrogens with zero attached hydrogens (tertiary/aromatic N) is 1. The molecule has 1 amide bonds. The molecule has 1 aliphatic heterocycles. The van der Waals surface area contributed by atoms with Crippen LogP contribution in [0.1, 0.15) is 25.3 Å². The van der Waals surface area contributed by atoms with Gasteiger partial charge in [0.05, 0.1) is 5.25 Å². The van der Waals surface area contributed by atoms with Crippen molar-refractivity contribution in [3.05, 3.63) is 29.8 Å². The van der Waals surface area contributed by atoms with Gasteiger partial charge in [-0.3, -0.25) is 4.79 Å². The Morgan fingerprint density at radius 2 is 2.12 bits per heavy atom. The van der Waals surface area contributed by atoms with Gasteiger partial charge in [-0.2, -0.15) is 12.6 Å². The maximum atomic E-state index is 12.1. The molecule has 0 radical (unpaired) electrons. The molecule has 0 fully saturated rings. The Morgan fingerprint density at radius 3 is 2.88 bits per heavy atom. The fourth-order valence-corrected chi connectivity index (χ4v) is 2.29. The van der Waals surface area contributed by atoms with Crippen molar-refractivity contribution >= 4 is 24.2 Å². The van der Waals surface area contributed by atoms with Crippen LogP contribution in [0.25, 0.3) is 0 Å². The van der Waals surface area contributed by atoms with Gasteiger partial charge in [0.25, 0.3) is 0 Å². The Hall–Kier alpha value is -0.960. The summed E-state index contributed by atoms with van der Waals surface area (Å²) < 4.78 is 0. The molecule has 16 heavy (non-hydrogen) atoms. The summed E-state index contributed by atoms with van der Waals surface area (Å²) in [6.07, 6.45) is 3.30. The van der Waals surface area contributed by atoms with Crippen LogP contribution in [0.2, 0.25) is 0 Å². The fourth-order valence-electron chi connectivity index (χ4n) is 2.15. The number of hydrogen-bond donors (Lipinski definition) is 1. The highest BCUT2D eigenvalue weighted by Gasteiger charge is 2.22. The van der Waals surface area contributed by atoms with Crippen LogP contribution in [-0.4, -0.2) is 17.7 Å². The van der Waals surface area contributed by atoms with E-state index in [1.54, 1.807) is 0 Å². The second-order valence-corrected chi connectivity index (χ2v) is 5.03. The van der Waals surface area contributed by atoms with Crippen molar-refractivity contribution in [3.63, 3.8) is 0 Å². The van der Waals surface area contributed by atoms with Crippen LogP contribution in [0, 0.1) is 0 Å². The van der Waals surface area contributed by atoms with E-state index in [-0.39, 0.29) is 11.2 Å². The molecular weight excluding hydrogens is 218 g/mol. The van der Waals surface area contributed by atoms with E-state index in [1.165, 1.54) is 5.56 Å². The summed E-state index contributed by atoms with van der Waals surface area (Å²) in [6.45, 7) is 2.65. The van der Waals surface area contributed by atoms with Crippen molar-refractivity contribution in [1.29, 1.82) is 0 Å². The molecule has 0 saturated heterocycles. The third kappa shape index (κ3) is 2.24. The molecule has 0 aromatic heterocycles. The number of carbonyl (C=O) groups is 1. The molecule has 0 N–H and O–H groups in total. The summed E-state index contributed by atoms with van der Waals surface area (Å²) >= 11 is 4.24. The summed E-state index contributed by atoms with van der Waals surface area (Å²) in [6, 6.07) is 8.18. The Bertz CT molecular complexity index is 389. The first kappa shape index (κ1) is 11.5. The molecule has 1 aromatic carbocycles. The first-order chi connectivity index (χ1) is 7.70. The van der Waals surface area contributed by atoms with Crippen LogP contribution in [0.4, 0.5) is 5.69 Å². The minimum atomic E-state index is -0.230. The molecule has 2 nitrogen and oxygen atoms in total. The van der Waals surface area contributed by atoms with Crippen molar-refractivity contribution in [3.8, 4) is 0 Å². The molecule has 1 aliphatic rings. The van der Waals surface area contributed by atoms with Gasteiger partial charge in [0.15, 0.2) is 0 Å². The molecule has 1 unspecified atom stereocenters. The summed E-state index contributed by atoms with van der Waals surface area (Å²) in [7, 11) is 0. The van der Waals surface area contributed by atoms with E-state index in [1.807, 2.05) is 30.0 Å². The fraction of sp³-hybridized carbons (Fsp3) is 0.462. The van der Waals surface area contributed by atoms with E-state index in [0.717, 1.165) is 31.5 Å². The maximum absolute atomic E-state index is 12.1. The largest absolute Gasteiger partial charge is 0.311 e. The van der Waals surface area contributed by atoms with Crippen LogP contribution in [0.3, 0.4) is 0 Å². The first-order valence-corrected chi connectivity index (χ1v) is 6.29. The number of hydrogen-bond acceptors (Lipinski definition) is 2. The highest BCUT2D eigenvalue weighted by molar-refractivity contribution is 7.81. The third-order valence-electron chi connectivity index (χ3n) is 2.98. The predicted molar refractivity (Wildman–Crippen MR) is 70.2 cm³/mol. The summed E-state index contributed by atoms with van der Waals surface area (Å²) in [5.74, 6) is 0.109. The molecule has 3 heteroatoms. The van der Waals surface area contributed by atoms with E-state index in [9.17, 15) is 4.79 Å². The van der Waals surface area contributed by atoms with Gasteiger partial charge in [0.1, 0.15) is 0 Å². The van der Waals surface area contributed by atoms with Gasteiger partial charge in [-0.15, -0.1) is 0 Å². The number of aryl methyl sites for hydroxylation is 1. The number of para-hydroxylation sites is 1. The quantitative estimate of drug-likeness (QED) is 0.742. The molecule has 1 aromatic rings. The van der Waals surface area contributed by atoms with Gasteiger partial charge < -0.3 is 4.90 Å². The zero-order valence-electron chi connectivity index (χ0n) is 9.52. The van der Waals surface area contributed by atoms with Gasteiger partial charge in [-0.05, 0) is 37.8 Å². The van der Waals surface area contributed by atoms with E-state index in [4.69, 9.17) is 0 Å². The normalized spacial score (nSPS) is 17.5. The second kappa shape index (κ2) is 4.91. The van der Waals surface area contributed by atoms with E-state index >= 15 is 0 Å². The Balaban J connectivity index is 2.36. The van der Waals surface area contributed by atoms with Gasteiger partial charge in [-0.25, -0.2) is 0 Å². The lowest BCUT2D eigenvalue weighted by Gasteiger charge is -2.24. The van der Waals surface area contributed by atoms with Crippen LogP contribution in [0.5, 0.6) is 0 Å². The van der Waals surface area contributed by atoms with E-state index in [2.05, 4.69) is 18.7 Å². The molecule has 0 aliphatic carbocycles. The molecule has 0 bridgehead atoms. The minimum absolute atomic E-state index is 0.109. The van der Waals surface area contributed by atoms with Gasteiger partial charge in [0, 0.05) is 12.2 Å². The lowest BCUT2D eigenvalue weighted by molar-refractivity contribution is -0.117. The van der Waals surface area contributed by atoms with Crippen LogP contribution >= 0.6 is 12.6 Å². The molecule has 0 spiro atoms. The number of fused-ring (bicyclic) bond motifs is 1. The summed E-state index contributed by atoms with van der Waals surface area (Å²) in [4.78, 5) is 14.0. The Labute approximate surface area is 102 Å². The molecule has 1 atom stereocenters. The molecule has 1 heterocycles. The lowest BCUT2D eigenvalue weighted by Crippen LogP contribution is -2.36. The molecule has 86 valence electrons. The average molecular weight is 235 g/mol. The highest BCUT2D eigenvalue weighted by Crippen LogP contribution is 2.26. The monoisotopic (exact) mass is 235 g/mol. The van der Waals surface area contributed by atoms with Crippen LogP contribution < -0.4 is 4.90 Å². The van der Waals surface area contributed by atoms with Crippen molar-refractivity contribution in [2.75, 3.05) is 11.4 Å². The number of carbonyl (C=O) groups excluding carboxylic acids is 1. The van der Waals surface area contributed by atoms with Gasteiger partial charge in [-0.1, -0.05) is 18.2 Å². The zero-order valence-corrected chi connectivity index (χ0v) is 10.4. The van der Waals surface area contributed by atoms with Crippen molar-refractivity contribution in [2.45, 2.75) is 31.4 Å². The average Bonchev–Trinajstić information content (AvgIpc) is 2.50. The lowest BCUT2D eigenvalue weighted by atomic mass is 10.1. The third-order valence-corrected chi connectivity index (χ3v) is 3.20. The summed E-state index contributed by atoms with van der Waals surface area (Å²) in [5, 5.41) is -0.230. The second-order valence-electron chi connectivity index (χ2n) is 4.25. The van der Waals surface area contributed by atoms with Crippen molar-refractivity contribution in [1.82, 2.24) is 0 Å². The Kier molecular flexibility index (Phi) is 3.54. The maximum Gasteiger partial charge on any atom is 0.239 e. The topological polar surface area (TPSA) is 20.3 Å². The van der Waals surface area contributed by atoms with Crippen LogP contribution in [-0.2, 0) is 11.2 Å². The molecule has 2 rings (SSSR count). The zero-order chi connectivity index (χ0) is 11.5. The smallest absolute Gasteiger partial charge is 0.239 e. The minimum Gasteiger partial charge on any atom is -0.311 e. The van der Waals surface area contributed by atoms with Crippen LogP contribution in [0.15, 0.2) is 24.3 Å². The molecule has 0 saturated carbocycles. The molecular formula is C13H17NOS. The number of anilines is 1. The highest BCUT2D eigenvalue weighted by atomic mass is 32.1. The van der Waals surface area contributed by atoms with Gasteiger partial charge in [0.2, 0.25) is 5.91 Å². The number of thiol groups is 1. The van der Waals surface area contributed by atoms with Crippen molar-refractivity contribution < 1.29 is 4.79 Å². The summed E-state index contributed by atoms with van der Waals surface area (Å²) in [5.41, 5.74) is 2.35. The first-order valence-electron chi connectivity index (χ1n) is 5.77. The van der Waals surface area contributed by atoms with Gasteiger partial charge >= 0.3 is 0 Å². The standard InChI is InChI=1S/C13H17NOS/c1-10(16)13(15)14-9-5-4-7-11-6-2-3-8-12(11)14/h2-3,6,8,10,16H,4-5,7,9H2,1H3. The van der Waals surface area contributed by atoms with Crippen molar-refractivity contribution in [2.24, 2.45) is 0 Å². The van der Waals surface area contributed by atoms with E-state index < -0.39 is 0 Å².